The van der Waals surface area contributed by atoms with Gasteiger partial charge in [0.1, 0.15) is 12.6 Å². The number of halogens is 1. The highest BCUT2D eigenvalue weighted by Crippen LogP contribution is 2.31. The van der Waals surface area contributed by atoms with Crippen LogP contribution in [0.2, 0.25) is 5.02 Å². The van der Waals surface area contributed by atoms with Gasteiger partial charge in [0.15, 0.2) is 0 Å². The van der Waals surface area contributed by atoms with Gasteiger partial charge in [0.25, 0.3) is 0 Å². The van der Waals surface area contributed by atoms with Crippen LogP contribution >= 0.6 is 11.6 Å². The molecule has 0 unspecified atom stereocenters. The summed E-state index contributed by atoms with van der Waals surface area (Å²) in [5.74, 6) is -0.271. The fourth-order valence-electron chi connectivity index (χ4n) is 4.50. The number of ether oxygens (including phenoxy) is 3. The number of methoxy groups -OCH3 is 1. The number of nitrogens with zero attached hydrogens (tertiary/aromatic N) is 1. The van der Waals surface area contributed by atoms with Crippen LogP contribution in [0.5, 0.6) is 0 Å². The maximum atomic E-state index is 13.1. The Morgan fingerprint density at radius 3 is 2.08 bits per heavy atom. The van der Waals surface area contributed by atoms with Crippen LogP contribution in [0.3, 0.4) is 0 Å². The lowest BCUT2D eigenvalue weighted by Crippen LogP contribution is -2.46. The summed E-state index contributed by atoms with van der Waals surface area (Å²) >= 11 is 6.03. The van der Waals surface area contributed by atoms with E-state index in [1.807, 2.05) is 44.2 Å². The molecule has 0 saturated heterocycles. The second-order valence-corrected chi connectivity index (χ2v) is 10.4. The number of hydrogen-bond donors (Lipinski definition) is 1. The molecule has 1 fully saturated rings. The third-order valence-electron chi connectivity index (χ3n) is 6.72. The number of esters is 1. The molecule has 9 heteroatoms. The molecular weight excluding hydrogens is 508 g/mol. The van der Waals surface area contributed by atoms with Crippen molar-refractivity contribution in [3.05, 3.63) is 59.6 Å². The predicted molar refractivity (Wildman–Crippen MR) is 146 cm³/mol. The van der Waals surface area contributed by atoms with Gasteiger partial charge in [0.2, 0.25) is 5.91 Å². The number of carbonyl (C=O) groups is 3. The number of hydrogen-bond acceptors (Lipinski definition) is 6. The van der Waals surface area contributed by atoms with Gasteiger partial charge < -0.3 is 19.5 Å². The monoisotopic (exact) mass is 544 g/mol. The number of carbonyl (C=O) groups excluding carboxylic acids is 3. The van der Waals surface area contributed by atoms with E-state index in [-0.39, 0.29) is 24.3 Å². The van der Waals surface area contributed by atoms with Crippen molar-refractivity contribution in [3.63, 3.8) is 0 Å². The first-order valence-corrected chi connectivity index (χ1v) is 13.4. The van der Waals surface area contributed by atoms with E-state index in [9.17, 15) is 14.4 Å². The van der Waals surface area contributed by atoms with E-state index in [1.165, 1.54) is 7.11 Å². The lowest BCUT2D eigenvalue weighted by Gasteiger charge is -2.29. The minimum Gasteiger partial charge on any atom is -0.467 e. The first-order chi connectivity index (χ1) is 18.3. The molecule has 0 spiro atoms. The largest absolute Gasteiger partial charge is 0.467 e. The van der Waals surface area contributed by atoms with E-state index >= 15 is 0 Å². The van der Waals surface area contributed by atoms with E-state index in [1.54, 1.807) is 29.2 Å². The SMILES string of the molecule is COC(=O)[C@@H](NC(=O)COC[C@H]1CC[C@H](COC(=O)N(c2ccccc2)c2ccc(Cl)cc2)CC1)C(C)C. The zero-order valence-corrected chi connectivity index (χ0v) is 23.0. The number of rotatable bonds is 11. The minimum atomic E-state index is -0.688. The quantitative estimate of drug-likeness (QED) is 0.362. The van der Waals surface area contributed by atoms with Gasteiger partial charge in [-0.1, -0.05) is 43.6 Å². The molecule has 0 aliphatic heterocycles. The standard InChI is InChI=1S/C29H37ClN2O6/c1-20(2)27(28(34)36-3)31-26(33)19-37-17-21-9-11-22(12-10-21)18-38-29(35)32(24-7-5-4-6-8-24)25-15-13-23(30)14-16-25/h4-8,13-16,20-22,27H,9-12,17-19H2,1-3H3,(H,31,33)/t21-,22-,27-/m0/s1. The lowest BCUT2D eigenvalue weighted by atomic mass is 9.83. The summed E-state index contributed by atoms with van der Waals surface area (Å²) in [6.07, 6.45) is 3.26. The highest BCUT2D eigenvalue weighted by Gasteiger charge is 2.27. The van der Waals surface area contributed by atoms with Crippen LogP contribution in [0, 0.1) is 17.8 Å². The summed E-state index contributed by atoms with van der Waals surface area (Å²) in [5, 5.41) is 3.27. The molecule has 8 nitrogen and oxygen atoms in total. The molecule has 38 heavy (non-hydrogen) atoms. The lowest BCUT2D eigenvalue weighted by molar-refractivity contribution is -0.147. The summed E-state index contributed by atoms with van der Waals surface area (Å²) in [6.45, 7) is 4.40. The zero-order chi connectivity index (χ0) is 27.5. The molecule has 206 valence electrons. The van der Waals surface area contributed by atoms with Crippen LogP contribution < -0.4 is 10.2 Å². The molecule has 3 rings (SSSR count). The molecule has 1 N–H and O–H groups in total. The highest BCUT2D eigenvalue weighted by molar-refractivity contribution is 6.30. The molecular formula is C29H37ClN2O6. The van der Waals surface area contributed by atoms with Gasteiger partial charge in [-0.15, -0.1) is 0 Å². The van der Waals surface area contributed by atoms with Crippen LogP contribution in [-0.4, -0.2) is 50.9 Å². The van der Waals surface area contributed by atoms with Crippen LogP contribution in [0.15, 0.2) is 54.6 Å². The molecule has 1 saturated carbocycles. The Hall–Kier alpha value is -3.10. The minimum absolute atomic E-state index is 0.0817. The molecule has 1 atom stereocenters. The van der Waals surface area contributed by atoms with Crippen LogP contribution in [-0.2, 0) is 23.8 Å². The number of amides is 2. The topological polar surface area (TPSA) is 94.2 Å². The van der Waals surface area contributed by atoms with Gasteiger partial charge in [-0.05, 0) is 79.8 Å². The molecule has 2 aromatic rings. The summed E-state index contributed by atoms with van der Waals surface area (Å²) in [6, 6.07) is 15.8. The molecule has 0 heterocycles. The molecule has 1 aliphatic rings. The third-order valence-corrected chi connectivity index (χ3v) is 6.97. The Labute approximate surface area is 229 Å². The third kappa shape index (κ3) is 8.74. The van der Waals surface area contributed by atoms with Gasteiger partial charge in [-0.25, -0.2) is 14.5 Å². The van der Waals surface area contributed by atoms with Crippen molar-refractivity contribution in [2.45, 2.75) is 45.6 Å². The van der Waals surface area contributed by atoms with Crippen molar-refractivity contribution in [2.75, 3.05) is 31.8 Å². The molecule has 1 aliphatic carbocycles. The highest BCUT2D eigenvalue weighted by atomic mass is 35.5. The summed E-state index contributed by atoms with van der Waals surface area (Å²) in [4.78, 5) is 38.7. The Bertz CT molecular complexity index is 1040. The average molecular weight is 545 g/mol. The molecule has 2 aromatic carbocycles. The van der Waals surface area contributed by atoms with Crippen molar-refractivity contribution in [3.8, 4) is 0 Å². The van der Waals surface area contributed by atoms with Crippen molar-refractivity contribution in [1.29, 1.82) is 0 Å². The van der Waals surface area contributed by atoms with E-state index in [2.05, 4.69) is 5.32 Å². The number of benzene rings is 2. The van der Waals surface area contributed by atoms with Crippen molar-refractivity contribution < 1.29 is 28.6 Å². The summed E-state index contributed by atoms with van der Waals surface area (Å²) in [5.41, 5.74) is 1.40. The van der Waals surface area contributed by atoms with Crippen LogP contribution in [0.4, 0.5) is 16.2 Å². The molecule has 0 bridgehead atoms. The van der Waals surface area contributed by atoms with Crippen LogP contribution in [0.25, 0.3) is 0 Å². The molecule has 0 radical (unpaired) electrons. The van der Waals surface area contributed by atoms with Gasteiger partial charge in [-0.2, -0.15) is 0 Å². The first-order valence-electron chi connectivity index (χ1n) is 13.0. The Morgan fingerprint density at radius 1 is 0.921 bits per heavy atom. The van der Waals surface area contributed by atoms with Gasteiger partial charge >= 0.3 is 12.1 Å². The van der Waals surface area contributed by atoms with E-state index < -0.39 is 18.1 Å². The second-order valence-electron chi connectivity index (χ2n) is 9.94. The Balaban J connectivity index is 1.42. The van der Waals surface area contributed by atoms with Crippen molar-refractivity contribution in [2.24, 2.45) is 17.8 Å². The van der Waals surface area contributed by atoms with Crippen LogP contribution in [0.1, 0.15) is 39.5 Å². The van der Waals surface area contributed by atoms with Gasteiger partial charge in [-0.3, -0.25) is 4.79 Å². The number of anilines is 2. The van der Waals surface area contributed by atoms with E-state index in [4.69, 9.17) is 25.8 Å². The van der Waals surface area contributed by atoms with Crippen molar-refractivity contribution in [1.82, 2.24) is 5.32 Å². The number of nitrogens with one attached hydrogen (secondary N) is 1. The maximum Gasteiger partial charge on any atom is 0.418 e. The normalized spacial score (nSPS) is 17.9. The van der Waals surface area contributed by atoms with Gasteiger partial charge in [0.05, 0.1) is 31.7 Å². The molecule has 2 amide bonds. The average Bonchev–Trinajstić information content (AvgIpc) is 2.92. The maximum absolute atomic E-state index is 13.1. The van der Waals surface area contributed by atoms with E-state index in [0.717, 1.165) is 31.4 Å². The summed E-state index contributed by atoms with van der Waals surface area (Å²) < 4.78 is 16.1. The number of para-hydroxylation sites is 1. The predicted octanol–water partition coefficient (Wildman–Crippen LogP) is 5.75. The first kappa shape index (κ1) is 29.5. The van der Waals surface area contributed by atoms with E-state index in [0.29, 0.717) is 29.8 Å². The Kier molecular flexibility index (Phi) is 11.4. The second kappa shape index (κ2) is 14.7. The zero-order valence-electron chi connectivity index (χ0n) is 22.2. The summed E-state index contributed by atoms with van der Waals surface area (Å²) in [7, 11) is 1.30. The smallest absolute Gasteiger partial charge is 0.418 e. The van der Waals surface area contributed by atoms with Crippen molar-refractivity contribution >= 4 is 40.9 Å². The Morgan fingerprint density at radius 2 is 1.50 bits per heavy atom. The molecule has 0 aromatic heterocycles. The fraction of sp³-hybridized carbons (Fsp3) is 0.483. The van der Waals surface area contributed by atoms with Gasteiger partial charge in [0, 0.05) is 5.02 Å². The fourth-order valence-corrected chi connectivity index (χ4v) is 4.63.